The van der Waals surface area contributed by atoms with Gasteiger partial charge in [0, 0.05) is 11.8 Å². The number of carbonyl (C=O) groups is 1. The predicted molar refractivity (Wildman–Crippen MR) is 71.3 cm³/mol. The van der Waals surface area contributed by atoms with Gasteiger partial charge in [-0.1, -0.05) is 0 Å². The van der Waals surface area contributed by atoms with Crippen molar-refractivity contribution in [2.45, 2.75) is 32.9 Å². The standard InChI is InChI=1S/C13H20N2O4/c1-9-5-10(17)11(19-4)6-15(9)7-12(18)14-13(2,3)8-16/h5-6,16H,7-8H2,1-4H3,(H,14,18). The highest BCUT2D eigenvalue weighted by atomic mass is 16.5. The molecule has 2 N–H and O–H groups in total. The van der Waals surface area contributed by atoms with Gasteiger partial charge in [-0.15, -0.1) is 0 Å². The number of methoxy groups -OCH3 is 1. The largest absolute Gasteiger partial charge is 0.491 e. The number of aliphatic hydroxyl groups is 1. The van der Waals surface area contributed by atoms with Crippen LogP contribution in [0.15, 0.2) is 17.1 Å². The molecule has 0 unspecified atom stereocenters. The fourth-order valence-electron chi connectivity index (χ4n) is 1.59. The van der Waals surface area contributed by atoms with Gasteiger partial charge in [-0.2, -0.15) is 0 Å². The van der Waals surface area contributed by atoms with E-state index in [-0.39, 0.29) is 30.2 Å². The number of pyridine rings is 1. The highest BCUT2D eigenvalue weighted by Gasteiger charge is 2.19. The van der Waals surface area contributed by atoms with Crippen molar-refractivity contribution in [2.75, 3.05) is 13.7 Å². The lowest BCUT2D eigenvalue weighted by molar-refractivity contribution is -0.123. The number of hydrogen-bond acceptors (Lipinski definition) is 4. The maximum absolute atomic E-state index is 11.9. The topological polar surface area (TPSA) is 80.6 Å². The van der Waals surface area contributed by atoms with Crippen LogP contribution in [-0.2, 0) is 11.3 Å². The average molecular weight is 268 g/mol. The van der Waals surface area contributed by atoms with Crippen LogP contribution in [-0.4, -0.2) is 34.8 Å². The van der Waals surface area contributed by atoms with Crippen LogP contribution in [0.3, 0.4) is 0 Å². The molecule has 0 saturated carbocycles. The Morgan fingerprint density at radius 3 is 2.68 bits per heavy atom. The first-order valence-electron chi connectivity index (χ1n) is 5.96. The van der Waals surface area contributed by atoms with Gasteiger partial charge in [0.15, 0.2) is 5.75 Å². The van der Waals surface area contributed by atoms with Gasteiger partial charge >= 0.3 is 0 Å². The van der Waals surface area contributed by atoms with E-state index in [4.69, 9.17) is 9.84 Å². The highest BCUT2D eigenvalue weighted by molar-refractivity contribution is 5.76. The summed E-state index contributed by atoms with van der Waals surface area (Å²) < 4.78 is 6.57. The van der Waals surface area contributed by atoms with Crippen molar-refractivity contribution in [3.8, 4) is 5.75 Å². The number of ether oxygens (including phenoxy) is 1. The lowest BCUT2D eigenvalue weighted by Gasteiger charge is -2.24. The van der Waals surface area contributed by atoms with E-state index in [1.807, 2.05) is 0 Å². The molecule has 0 bridgehead atoms. The Bertz CT molecular complexity index is 520. The van der Waals surface area contributed by atoms with Crippen molar-refractivity contribution in [3.05, 3.63) is 28.2 Å². The molecule has 0 fully saturated rings. The third kappa shape index (κ3) is 4.10. The number of nitrogens with zero attached hydrogens (tertiary/aromatic N) is 1. The fourth-order valence-corrected chi connectivity index (χ4v) is 1.59. The van der Waals surface area contributed by atoms with Gasteiger partial charge in [-0.05, 0) is 20.8 Å². The minimum atomic E-state index is -0.673. The smallest absolute Gasteiger partial charge is 0.240 e. The van der Waals surface area contributed by atoms with Crippen molar-refractivity contribution >= 4 is 5.91 Å². The van der Waals surface area contributed by atoms with Crippen molar-refractivity contribution < 1.29 is 14.6 Å². The van der Waals surface area contributed by atoms with Crippen LogP contribution < -0.4 is 15.5 Å². The van der Waals surface area contributed by atoms with Crippen molar-refractivity contribution in [3.63, 3.8) is 0 Å². The van der Waals surface area contributed by atoms with Crippen LogP contribution in [0.5, 0.6) is 5.75 Å². The molecule has 1 aromatic rings. The van der Waals surface area contributed by atoms with E-state index in [2.05, 4.69) is 5.32 Å². The predicted octanol–water partition coefficient (Wildman–Crippen LogP) is 0.0524. The van der Waals surface area contributed by atoms with Crippen molar-refractivity contribution in [2.24, 2.45) is 0 Å². The molecule has 6 nitrogen and oxygen atoms in total. The quantitative estimate of drug-likeness (QED) is 0.791. The summed E-state index contributed by atoms with van der Waals surface area (Å²) in [6.45, 7) is 5.11. The second-order valence-corrected chi connectivity index (χ2v) is 5.07. The zero-order chi connectivity index (χ0) is 14.6. The van der Waals surface area contributed by atoms with Crippen molar-refractivity contribution in [1.29, 1.82) is 0 Å². The van der Waals surface area contributed by atoms with Crippen LogP contribution >= 0.6 is 0 Å². The van der Waals surface area contributed by atoms with Gasteiger partial charge in [-0.3, -0.25) is 9.59 Å². The van der Waals surface area contributed by atoms with Gasteiger partial charge in [0.25, 0.3) is 0 Å². The number of aliphatic hydroxyl groups excluding tert-OH is 1. The molecular weight excluding hydrogens is 248 g/mol. The molecule has 0 aliphatic rings. The molecule has 6 heteroatoms. The number of aromatic nitrogens is 1. The van der Waals surface area contributed by atoms with E-state index in [1.54, 1.807) is 25.3 Å². The molecule has 0 spiro atoms. The Morgan fingerprint density at radius 2 is 2.16 bits per heavy atom. The molecule has 0 aliphatic heterocycles. The molecule has 1 amide bonds. The minimum absolute atomic E-state index is 0.0614. The van der Waals surface area contributed by atoms with Gasteiger partial charge in [0.1, 0.15) is 6.54 Å². The number of amides is 1. The minimum Gasteiger partial charge on any atom is -0.491 e. The molecule has 0 radical (unpaired) electrons. The Labute approximate surface area is 112 Å². The molecule has 0 saturated heterocycles. The molecule has 106 valence electrons. The van der Waals surface area contributed by atoms with Crippen LogP contribution in [0.2, 0.25) is 0 Å². The summed E-state index contributed by atoms with van der Waals surface area (Å²) in [4.78, 5) is 23.4. The first-order valence-corrected chi connectivity index (χ1v) is 5.96. The Balaban J connectivity index is 2.88. The van der Waals surface area contributed by atoms with Crippen LogP contribution in [0.25, 0.3) is 0 Å². The summed E-state index contributed by atoms with van der Waals surface area (Å²) in [6, 6.07) is 1.42. The molecule has 1 heterocycles. The SMILES string of the molecule is COc1cn(CC(=O)NC(C)(C)CO)c(C)cc1=O. The maximum Gasteiger partial charge on any atom is 0.240 e. The van der Waals surface area contributed by atoms with E-state index in [0.717, 1.165) is 0 Å². The molecule has 1 aromatic heterocycles. The maximum atomic E-state index is 11.9. The van der Waals surface area contributed by atoms with Gasteiger partial charge in [-0.25, -0.2) is 0 Å². The summed E-state index contributed by atoms with van der Waals surface area (Å²) >= 11 is 0. The van der Waals surface area contributed by atoms with Crippen LogP contribution in [0.1, 0.15) is 19.5 Å². The zero-order valence-corrected chi connectivity index (χ0v) is 11.7. The lowest BCUT2D eigenvalue weighted by Crippen LogP contribution is -2.47. The number of hydrogen-bond donors (Lipinski definition) is 2. The van der Waals surface area contributed by atoms with E-state index < -0.39 is 5.54 Å². The number of aryl methyl sites for hydroxylation is 1. The van der Waals surface area contributed by atoms with Crippen LogP contribution in [0.4, 0.5) is 0 Å². The second kappa shape index (κ2) is 5.88. The van der Waals surface area contributed by atoms with Crippen LogP contribution in [0, 0.1) is 6.92 Å². The molecular formula is C13H20N2O4. The normalized spacial score (nSPS) is 11.2. The first-order chi connectivity index (χ1) is 8.79. The molecule has 0 aromatic carbocycles. The summed E-state index contributed by atoms with van der Waals surface area (Å²) in [5.74, 6) is -0.0485. The third-order valence-electron chi connectivity index (χ3n) is 2.72. The van der Waals surface area contributed by atoms with Crippen molar-refractivity contribution in [1.82, 2.24) is 9.88 Å². The number of carbonyl (C=O) groups excluding carboxylic acids is 1. The van der Waals surface area contributed by atoms with Gasteiger partial charge in [0.2, 0.25) is 11.3 Å². The summed E-state index contributed by atoms with van der Waals surface area (Å²) in [6.07, 6.45) is 1.50. The molecule has 19 heavy (non-hydrogen) atoms. The van der Waals surface area contributed by atoms with E-state index in [0.29, 0.717) is 5.69 Å². The Kier molecular flexibility index (Phi) is 4.72. The number of rotatable bonds is 5. The summed E-state index contributed by atoms with van der Waals surface area (Å²) in [5.41, 5.74) is -0.219. The average Bonchev–Trinajstić information content (AvgIpc) is 2.32. The first kappa shape index (κ1) is 15.2. The van der Waals surface area contributed by atoms with E-state index in [1.165, 1.54) is 19.4 Å². The molecule has 0 aliphatic carbocycles. The molecule has 1 rings (SSSR count). The third-order valence-corrected chi connectivity index (χ3v) is 2.72. The Hall–Kier alpha value is -1.82. The monoisotopic (exact) mass is 268 g/mol. The van der Waals surface area contributed by atoms with Gasteiger partial charge in [0.05, 0.1) is 25.5 Å². The summed E-state index contributed by atoms with van der Waals surface area (Å²) in [7, 11) is 1.41. The van der Waals surface area contributed by atoms with E-state index in [9.17, 15) is 9.59 Å². The highest BCUT2D eigenvalue weighted by Crippen LogP contribution is 2.06. The summed E-state index contributed by atoms with van der Waals surface area (Å²) in [5, 5.41) is 11.8. The van der Waals surface area contributed by atoms with Gasteiger partial charge < -0.3 is 19.7 Å². The lowest BCUT2D eigenvalue weighted by atomic mass is 10.1. The molecule has 0 atom stereocenters. The van der Waals surface area contributed by atoms with E-state index >= 15 is 0 Å². The fraction of sp³-hybridized carbons (Fsp3) is 0.538. The zero-order valence-electron chi connectivity index (χ0n) is 11.7. The Morgan fingerprint density at radius 1 is 1.53 bits per heavy atom. The second-order valence-electron chi connectivity index (χ2n) is 5.07. The number of nitrogens with one attached hydrogen (secondary N) is 1.